The Bertz CT molecular complexity index is 405. The molecule has 0 bridgehead atoms. The summed E-state index contributed by atoms with van der Waals surface area (Å²) in [4.78, 5) is 36.4. The highest BCUT2D eigenvalue weighted by Gasteiger charge is 2.51. The van der Waals surface area contributed by atoms with Crippen molar-refractivity contribution in [2.75, 3.05) is 13.1 Å². The van der Waals surface area contributed by atoms with Crippen LogP contribution in [-0.2, 0) is 9.59 Å². The first kappa shape index (κ1) is 10.6. The minimum absolute atomic E-state index is 0.110. The average Bonchev–Trinajstić information content (AvgIpc) is 2.89. The number of carbonyl (C=O) groups is 3. The summed E-state index contributed by atoms with van der Waals surface area (Å²) in [5, 5.41) is 4.87. The van der Waals surface area contributed by atoms with Gasteiger partial charge in [0.2, 0.25) is 5.91 Å². The predicted molar refractivity (Wildman–Crippen MR) is 57.9 cm³/mol. The van der Waals surface area contributed by atoms with Gasteiger partial charge in [0.1, 0.15) is 5.54 Å². The van der Waals surface area contributed by atoms with E-state index >= 15 is 0 Å². The second kappa shape index (κ2) is 3.45. The summed E-state index contributed by atoms with van der Waals surface area (Å²) in [5.41, 5.74) is -0.865. The molecule has 0 radical (unpaired) electrons. The van der Waals surface area contributed by atoms with Crippen molar-refractivity contribution in [3.05, 3.63) is 0 Å². The molecule has 0 aromatic rings. The van der Waals surface area contributed by atoms with Crippen molar-refractivity contribution >= 4 is 17.8 Å². The van der Waals surface area contributed by atoms with E-state index in [1.807, 2.05) is 0 Å². The number of nitrogens with one attached hydrogen (secondary N) is 2. The summed E-state index contributed by atoms with van der Waals surface area (Å²) in [5.74, 6) is 0.355. The van der Waals surface area contributed by atoms with Crippen molar-refractivity contribution < 1.29 is 14.4 Å². The van der Waals surface area contributed by atoms with E-state index < -0.39 is 11.6 Å². The van der Waals surface area contributed by atoms with Gasteiger partial charge < -0.3 is 10.2 Å². The van der Waals surface area contributed by atoms with Crippen LogP contribution in [0.4, 0.5) is 4.79 Å². The van der Waals surface area contributed by atoms with Crippen molar-refractivity contribution in [2.24, 2.45) is 5.92 Å². The number of hydrogen-bond donors (Lipinski definition) is 2. The van der Waals surface area contributed by atoms with Crippen molar-refractivity contribution in [3.8, 4) is 0 Å². The lowest BCUT2D eigenvalue weighted by molar-refractivity contribution is -0.131. The first-order chi connectivity index (χ1) is 8.09. The quantitative estimate of drug-likeness (QED) is 0.641. The zero-order valence-corrected chi connectivity index (χ0v) is 9.49. The van der Waals surface area contributed by atoms with Gasteiger partial charge in [-0.15, -0.1) is 0 Å². The molecule has 2 heterocycles. The van der Waals surface area contributed by atoms with Crippen molar-refractivity contribution in [3.63, 3.8) is 0 Å². The van der Waals surface area contributed by atoms with Crippen molar-refractivity contribution in [2.45, 2.75) is 31.2 Å². The zero-order chi connectivity index (χ0) is 12.0. The summed E-state index contributed by atoms with van der Waals surface area (Å²) in [7, 11) is 0. The highest BCUT2D eigenvalue weighted by Crippen LogP contribution is 2.34. The molecule has 1 aliphatic carbocycles. The number of rotatable bonds is 2. The van der Waals surface area contributed by atoms with E-state index in [4.69, 9.17) is 0 Å². The lowest BCUT2D eigenvalue weighted by atomic mass is 9.99. The lowest BCUT2D eigenvalue weighted by Gasteiger charge is -2.21. The van der Waals surface area contributed by atoms with E-state index in [0.29, 0.717) is 31.8 Å². The minimum atomic E-state index is -0.865. The van der Waals surface area contributed by atoms with Gasteiger partial charge in [-0.2, -0.15) is 0 Å². The van der Waals surface area contributed by atoms with Gasteiger partial charge in [-0.3, -0.25) is 14.9 Å². The van der Waals surface area contributed by atoms with Crippen LogP contribution in [0.25, 0.3) is 0 Å². The van der Waals surface area contributed by atoms with Crippen LogP contribution in [-0.4, -0.2) is 41.4 Å². The number of carbonyl (C=O) groups excluding carboxylic acids is 3. The van der Waals surface area contributed by atoms with E-state index in [9.17, 15) is 14.4 Å². The molecule has 3 rings (SSSR count). The van der Waals surface area contributed by atoms with Crippen LogP contribution in [0.1, 0.15) is 25.7 Å². The van der Waals surface area contributed by atoms with Crippen LogP contribution < -0.4 is 10.6 Å². The van der Waals surface area contributed by atoms with Gasteiger partial charge in [-0.1, -0.05) is 0 Å². The normalized spacial score (nSPS) is 31.9. The molecule has 3 fully saturated rings. The Kier molecular flexibility index (Phi) is 2.14. The molecular formula is C11H15N3O3. The third-order valence-corrected chi connectivity index (χ3v) is 3.80. The van der Waals surface area contributed by atoms with Gasteiger partial charge in [-0.05, 0) is 25.2 Å². The maximum atomic E-state index is 11.9. The molecule has 17 heavy (non-hydrogen) atoms. The number of nitrogens with zero attached hydrogens (tertiary/aromatic N) is 1. The van der Waals surface area contributed by atoms with E-state index in [2.05, 4.69) is 10.6 Å². The van der Waals surface area contributed by atoms with Crippen molar-refractivity contribution in [1.82, 2.24) is 15.5 Å². The Labute approximate surface area is 98.7 Å². The largest absolute Gasteiger partial charge is 0.340 e. The molecule has 6 heteroatoms. The molecule has 1 atom stereocenters. The number of imide groups is 1. The lowest BCUT2D eigenvalue weighted by Crippen LogP contribution is -2.49. The molecule has 92 valence electrons. The molecule has 0 aromatic carbocycles. The number of urea groups is 1. The highest BCUT2D eigenvalue weighted by molar-refractivity contribution is 6.07. The van der Waals surface area contributed by atoms with Crippen molar-refractivity contribution in [1.29, 1.82) is 0 Å². The van der Waals surface area contributed by atoms with E-state index in [0.717, 1.165) is 12.8 Å². The van der Waals surface area contributed by atoms with Crippen LogP contribution in [0.15, 0.2) is 0 Å². The molecule has 6 nitrogen and oxygen atoms in total. The topological polar surface area (TPSA) is 78.5 Å². The Hall–Kier alpha value is -1.59. The highest BCUT2D eigenvalue weighted by atomic mass is 16.2. The maximum absolute atomic E-state index is 11.9. The molecule has 4 amide bonds. The Morgan fingerprint density at radius 1 is 1.41 bits per heavy atom. The van der Waals surface area contributed by atoms with Gasteiger partial charge in [0.15, 0.2) is 0 Å². The summed E-state index contributed by atoms with van der Waals surface area (Å²) >= 11 is 0. The smallest absolute Gasteiger partial charge is 0.322 e. The molecule has 3 aliphatic rings. The number of likely N-dealkylation sites (tertiary alicyclic amines) is 1. The fraction of sp³-hybridized carbons (Fsp3) is 0.727. The van der Waals surface area contributed by atoms with Gasteiger partial charge in [0, 0.05) is 13.0 Å². The van der Waals surface area contributed by atoms with Gasteiger partial charge >= 0.3 is 6.03 Å². The standard InChI is InChI=1S/C11H15N3O3/c15-8(5-7-1-2-7)14-4-3-11(6-14)9(16)12-10(17)13-11/h7H,1-6H2,(H2,12,13,16,17). The van der Waals surface area contributed by atoms with E-state index in [1.165, 1.54) is 0 Å². The predicted octanol–water partition coefficient (Wildman–Crippen LogP) is -0.403. The fourth-order valence-corrected chi connectivity index (χ4v) is 2.54. The minimum Gasteiger partial charge on any atom is -0.340 e. The molecule has 2 N–H and O–H groups in total. The van der Waals surface area contributed by atoms with Crippen LogP contribution >= 0.6 is 0 Å². The third kappa shape index (κ3) is 1.77. The molecule has 2 saturated heterocycles. The van der Waals surface area contributed by atoms with Gasteiger partial charge in [0.25, 0.3) is 5.91 Å². The summed E-state index contributed by atoms with van der Waals surface area (Å²) in [6.45, 7) is 0.870. The fourth-order valence-electron chi connectivity index (χ4n) is 2.54. The summed E-state index contributed by atoms with van der Waals surface area (Å²) < 4.78 is 0. The van der Waals surface area contributed by atoms with Crippen LogP contribution in [0, 0.1) is 5.92 Å². The van der Waals surface area contributed by atoms with E-state index in [-0.39, 0.29) is 11.8 Å². The van der Waals surface area contributed by atoms with E-state index in [1.54, 1.807) is 4.90 Å². The maximum Gasteiger partial charge on any atom is 0.322 e. The third-order valence-electron chi connectivity index (χ3n) is 3.80. The average molecular weight is 237 g/mol. The summed E-state index contributed by atoms with van der Waals surface area (Å²) in [6.07, 6.45) is 3.39. The van der Waals surface area contributed by atoms with Gasteiger partial charge in [-0.25, -0.2) is 4.79 Å². The molecule has 0 aromatic heterocycles. The van der Waals surface area contributed by atoms with Crippen LogP contribution in [0.5, 0.6) is 0 Å². The SMILES string of the molecule is O=C1NC(=O)C2(CCN(C(=O)CC3CC3)C2)N1. The monoisotopic (exact) mass is 237 g/mol. The molecule has 1 spiro atoms. The first-order valence-corrected chi connectivity index (χ1v) is 6.00. The first-order valence-electron chi connectivity index (χ1n) is 6.00. The molecular weight excluding hydrogens is 222 g/mol. The number of hydrogen-bond acceptors (Lipinski definition) is 3. The molecule has 2 aliphatic heterocycles. The molecule has 1 unspecified atom stereocenters. The Morgan fingerprint density at radius 3 is 2.76 bits per heavy atom. The Balaban J connectivity index is 1.66. The molecule has 1 saturated carbocycles. The summed E-state index contributed by atoms with van der Waals surface area (Å²) in [6, 6.07) is -0.452. The Morgan fingerprint density at radius 2 is 2.18 bits per heavy atom. The van der Waals surface area contributed by atoms with Gasteiger partial charge in [0.05, 0.1) is 6.54 Å². The zero-order valence-electron chi connectivity index (χ0n) is 9.49. The second-order valence-electron chi connectivity index (χ2n) is 5.20. The van der Waals surface area contributed by atoms with Crippen LogP contribution in [0.2, 0.25) is 0 Å². The second-order valence-corrected chi connectivity index (χ2v) is 5.20. The number of amides is 4. The van der Waals surface area contributed by atoms with Crippen LogP contribution in [0.3, 0.4) is 0 Å².